The fraction of sp³-hybridized carbons (Fsp3) is 0.154. The topological polar surface area (TPSA) is 70.1 Å². The van der Waals surface area contributed by atoms with Crippen LogP contribution in [0.1, 0.15) is 5.56 Å². The SMILES string of the molecule is COc1ccccc1N(C(=O)C=Cc1cc(OC)c(OC)c(OC)c1)c1nc2ccccc2s1. The van der Waals surface area contributed by atoms with Gasteiger partial charge in [0, 0.05) is 6.08 Å². The Hall–Kier alpha value is -4.04. The van der Waals surface area contributed by atoms with E-state index in [9.17, 15) is 4.79 Å². The van der Waals surface area contributed by atoms with Crippen LogP contribution < -0.4 is 23.8 Å². The molecule has 174 valence electrons. The summed E-state index contributed by atoms with van der Waals surface area (Å²) in [5.41, 5.74) is 2.14. The molecule has 4 aromatic rings. The molecule has 0 atom stereocenters. The molecule has 0 saturated heterocycles. The number of hydrogen-bond donors (Lipinski definition) is 0. The minimum atomic E-state index is -0.280. The Balaban J connectivity index is 1.76. The van der Waals surface area contributed by atoms with Gasteiger partial charge in [0.1, 0.15) is 5.75 Å². The molecule has 0 N–H and O–H groups in total. The highest BCUT2D eigenvalue weighted by atomic mass is 32.1. The molecule has 8 heteroatoms. The fourth-order valence-corrected chi connectivity index (χ4v) is 4.51. The third-order valence-corrected chi connectivity index (χ3v) is 6.15. The molecule has 0 bridgehead atoms. The zero-order chi connectivity index (χ0) is 24.1. The second-order valence-electron chi connectivity index (χ2n) is 7.10. The van der Waals surface area contributed by atoms with Gasteiger partial charge in [-0.05, 0) is 48.0 Å². The van der Waals surface area contributed by atoms with Crippen LogP contribution in [0.2, 0.25) is 0 Å². The van der Waals surface area contributed by atoms with Gasteiger partial charge in [-0.1, -0.05) is 35.6 Å². The maximum absolute atomic E-state index is 13.6. The lowest BCUT2D eigenvalue weighted by molar-refractivity contribution is -0.113. The number of hydrogen-bond acceptors (Lipinski definition) is 7. The van der Waals surface area contributed by atoms with E-state index in [1.54, 1.807) is 51.5 Å². The quantitative estimate of drug-likeness (QED) is 0.304. The van der Waals surface area contributed by atoms with Gasteiger partial charge in [0.2, 0.25) is 5.75 Å². The summed E-state index contributed by atoms with van der Waals surface area (Å²) in [4.78, 5) is 19.8. The minimum absolute atomic E-state index is 0.280. The number of methoxy groups -OCH3 is 4. The first-order valence-electron chi connectivity index (χ1n) is 10.4. The molecule has 3 aromatic carbocycles. The van der Waals surface area contributed by atoms with E-state index in [1.165, 1.54) is 17.4 Å². The average molecular weight is 477 g/mol. The van der Waals surface area contributed by atoms with E-state index in [0.29, 0.717) is 39.4 Å². The highest BCUT2D eigenvalue weighted by Crippen LogP contribution is 2.40. The molecule has 4 rings (SSSR count). The largest absolute Gasteiger partial charge is 0.495 e. The van der Waals surface area contributed by atoms with Gasteiger partial charge in [0.25, 0.3) is 5.91 Å². The van der Waals surface area contributed by atoms with Gasteiger partial charge in [0.15, 0.2) is 16.6 Å². The number of carbonyl (C=O) groups is 1. The first kappa shape index (κ1) is 23.1. The van der Waals surface area contributed by atoms with Crippen LogP contribution in [0.15, 0.2) is 66.7 Å². The van der Waals surface area contributed by atoms with Crippen molar-refractivity contribution >= 4 is 44.4 Å². The number of benzene rings is 3. The van der Waals surface area contributed by atoms with Crippen molar-refractivity contribution in [3.8, 4) is 23.0 Å². The summed E-state index contributed by atoms with van der Waals surface area (Å²) >= 11 is 1.43. The Morgan fingerprint density at radius 2 is 1.50 bits per heavy atom. The van der Waals surface area contributed by atoms with Gasteiger partial charge in [-0.2, -0.15) is 0 Å². The van der Waals surface area contributed by atoms with Crippen LogP contribution in [-0.4, -0.2) is 39.3 Å². The number of rotatable bonds is 8. The third kappa shape index (κ3) is 4.53. The predicted octanol–water partition coefficient (Wildman–Crippen LogP) is 5.71. The lowest BCUT2D eigenvalue weighted by Crippen LogP contribution is -2.24. The first-order valence-corrected chi connectivity index (χ1v) is 11.2. The number of carbonyl (C=O) groups excluding carboxylic acids is 1. The summed E-state index contributed by atoms with van der Waals surface area (Å²) < 4.78 is 22.7. The van der Waals surface area contributed by atoms with Crippen LogP contribution in [0.25, 0.3) is 16.3 Å². The van der Waals surface area contributed by atoms with E-state index in [0.717, 1.165) is 10.2 Å². The molecule has 0 unspecified atom stereocenters. The van der Waals surface area contributed by atoms with E-state index in [1.807, 2.05) is 48.5 Å². The molecule has 1 aromatic heterocycles. The summed E-state index contributed by atoms with van der Waals surface area (Å²) in [6.07, 6.45) is 3.18. The molecular formula is C26H24N2O5S. The van der Waals surface area contributed by atoms with Gasteiger partial charge < -0.3 is 18.9 Å². The molecule has 0 aliphatic carbocycles. The molecule has 0 aliphatic rings. The maximum Gasteiger partial charge on any atom is 0.257 e. The molecule has 34 heavy (non-hydrogen) atoms. The first-order chi connectivity index (χ1) is 16.6. The molecule has 7 nitrogen and oxygen atoms in total. The number of anilines is 2. The molecule has 0 aliphatic heterocycles. The number of amides is 1. The van der Waals surface area contributed by atoms with Gasteiger partial charge in [-0.15, -0.1) is 0 Å². The molecule has 0 saturated carbocycles. The summed E-state index contributed by atoms with van der Waals surface area (Å²) in [5.74, 6) is 1.77. The van der Waals surface area contributed by atoms with Crippen molar-refractivity contribution in [3.05, 3.63) is 72.3 Å². The maximum atomic E-state index is 13.6. The number of para-hydroxylation sites is 3. The number of fused-ring (bicyclic) bond motifs is 1. The minimum Gasteiger partial charge on any atom is -0.495 e. The lowest BCUT2D eigenvalue weighted by Gasteiger charge is -2.20. The zero-order valence-electron chi connectivity index (χ0n) is 19.3. The summed E-state index contributed by atoms with van der Waals surface area (Å²) in [6.45, 7) is 0. The van der Waals surface area contributed by atoms with Crippen molar-refractivity contribution in [2.24, 2.45) is 0 Å². The fourth-order valence-electron chi connectivity index (χ4n) is 3.53. The van der Waals surface area contributed by atoms with Crippen molar-refractivity contribution in [2.45, 2.75) is 0 Å². The molecule has 1 heterocycles. The molecule has 0 spiro atoms. The summed E-state index contributed by atoms with van der Waals surface area (Å²) in [7, 11) is 6.22. The molecule has 0 radical (unpaired) electrons. The van der Waals surface area contributed by atoms with E-state index in [-0.39, 0.29) is 5.91 Å². The van der Waals surface area contributed by atoms with E-state index in [4.69, 9.17) is 23.9 Å². The van der Waals surface area contributed by atoms with Crippen molar-refractivity contribution in [1.29, 1.82) is 0 Å². The Bertz CT molecular complexity index is 1290. The Morgan fingerprint density at radius 3 is 2.15 bits per heavy atom. The second kappa shape index (κ2) is 10.3. The van der Waals surface area contributed by atoms with Crippen LogP contribution in [-0.2, 0) is 4.79 Å². The van der Waals surface area contributed by atoms with E-state index in [2.05, 4.69) is 0 Å². The zero-order valence-corrected chi connectivity index (χ0v) is 20.1. The van der Waals surface area contributed by atoms with Crippen LogP contribution in [0, 0.1) is 0 Å². The highest BCUT2D eigenvalue weighted by molar-refractivity contribution is 7.22. The second-order valence-corrected chi connectivity index (χ2v) is 8.11. The normalized spacial score (nSPS) is 10.9. The standard InChI is InChI=1S/C26H24N2O5S/c1-30-20-11-7-6-10-19(20)28(26-27-18-9-5-8-12-23(18)34-26)24(29)14-13-17-15-21(31-2)25(33-4)22(16-17)32-3/h5-16H,1-4H3. The summed E-state index contributed by atoms with van der Waals surface area (Å²) in [5, 5.41) is 0.547. The smallest absolute Gasteiger partial charge is 0.257 e. The van der Waals surface area contributed by atoms with Crippen LogP contribution in [0.5, 0.6) is 23.0 Å². The van der Waals surface area contributed by atoms with Gasteiger partial charge >= 0.3 is 0 Å². The van der Waals surface area contributed by atoms with Crippen molar-refractivity contribution in [3.63, 3.8) is 0 Å². The number of aromatic nitrogens is 1. The Labute approximate surface area is 201 Å². The Morgan fingerprint density at radius 1 is 0.853 bits per heavy atom. The number of nitrogens with zero attached hydrogens (tertiary/aromatic N) is 2. The van der Waals surface area contributed by atoms with Crippen molar-refractivity contribution in [2.75, 3.05) is 33.3 Å². The summed E-state index contributed by atoms with van der Waals surface area (Å²) in [6, 6.07) is 18.7. The Kier molecular flexibility index (Phi) is 6.98. The van der Waals surface area contributed by atoms with Crippen LogP contribution >= 0.6 is 11.3 Å². The highest BCUT2D eigenvalue weighted by Gasteiger charge is 2.23. The van der Waals surface area contributed by atoms with E-state index >= 15 is 0 Å². The lowest BCUT2D eigenvalue weighted by atomic mass is 10.1. The number of thiazole rings is 1. The number of ether oxygens (including phenoxy) is 4. The van der Waals surface area contributed by atoms with Gasteiger partial charge in [-0.25, -0.2) is 9.88 Å². The monoisotopic (exact) mass is 476 g/mol. The average Bonchev–Trinajstić information content (AvgIpc) is 3.30. The molecule has 0 fully saturated rings. The van der Waals surface area contributed by atoms with Gasteiger partial charge in [-0.3, -0.25) is 4.79 Å². The van der Waals surface area contributed by atoms with Gasteiger partial charge in [0.05, 0.1) is 44.3 Å². The van der Waals surface area contributed by atoms with E-state index < -0.39 is 0 Å². The van der Waals surface area contributed by atoms with Crippen LogP contribution in [0.4, 0.5) is 10.8 Å². The molecule has 1 amide bonds. The van der Waals surface area contributed by atoms with Crippen molar-refractivity contribution < 1.29 is 23.7 Å². The third-order valence-electron chi connectivity index (χ3n) is 5.13. The van der Waals surface area contributed by atoms with Crippen molar-refractivity contribution in [1.82, 2.24) is 4.98 Å². The molecular weight excluding hydrogens is 452 g/mol. The van der Waals surface area contributed by atoms with Crippen LogP contribution in [0.3, 0.4) is 0 Å². The predicted molar refractivity (Wildman–Crippen MR) is 135 cm³/mol.